The smallest absolute Gasteiger partial charge is 0.337 e. The molecule has 0 spiro atoms. The first-order valence-corrected chi connectivity index (χ1v) is 9.80. The van der Waals surface area contributed by atoms with Gasteiger partial charge in [-0.3, -0.25) is 4.79 Å². The van der Waals surface area contributed by atoms with Crippen molar-refractivity contribution in [2.45, 2.75) is 26.3 Å². The Kier molecular flexibility index (Phi) is 5.25. The number of methoxy groups -OCH3 is 1. The highest BCUT2D eigenvalue weighted by atomic mass is 16.5. The van der Waals surface area contributed by atoms with Crippen molar-refractivity contribution < 1.29 is 19.1 Å². The van der Waals surface area contributed by atoms with Gasteiger partial charge in [-0.15, -0.1) is 0 Å². The maximum Gasteiger partial charge on any atom is 0.337 e. The predicted molar refractivity (Wildman–Crippen MR) is 110 cm³/mol. The molecule has 4 rings (SSSR count). The minimum Gasteiger partial charge on any atom is -0.494 e. The number of nitrogens with zero attached hydrogens (tertiary/aromatic N) is 1. The largest absolute Gasteiger partial charge is 0.494 e. The second-order valence-electron chi connectivity index (χ2n) is 7.15. The number of benzene rings is 2. The summed E-state index contributed by atoms with van der Waals surface area (Å²) in [5.41, 5.74) is 4.67. The third-order valence-electron chi connectivity index (χ3n) is 5.34. The number of H-pyrrole nitrogens is 1. The Morgan fingerprint density at radius 2 is 1.93 bits per heavy atom. The van der Waals surface area contributed by atoms with Gasteiger partial charge in [0, 0.05) is 41.7 Å². The topological polar surface area (TPSA) is 71.6 Å². The van der Waals surface area contributed by atoms with Crippen LogP contribution >= 0.6 is 0 Å². The fraction of sp³-hybridized carbons (Fsp3) is 0.304. The van der Waals surface area contributed by atoms with E-state index in [1.807, 2.05) is 48.2 Å². The maximum absolute atomic E-state index is 12.9. The zero-order valence-electron chi connectivity index (χ0n) is 16.7. The molecule has 0 saturated heterocycles. The van der Waals surface area contributed by atoms with Crippen molar-refractivity contribution >= 4 is 22.8 Å². The minimum atomic E-state index is -0.360. The molecule has 1 amide bonds. The number of aromatic nitrogens is 1. The number of carbonyl (C=O) groups is 2. The van der Waals surface area contributed by atoms with E-state index >= 15 is 0 Å². The second kappa shape index (κ2) is 7.99. The standard InChI is InChI=1S/C23H24N2O4/c1-3-29-17-7-4-15(5-8-17)12-22(26)25-11-10-21-19(14-25)18-13-16(23(27)28-2)6-9-20(18)24-21/h4-9,13,24H,3,10-12,14H2,1-2H3. The lowest BCUT2D eigenvalue weighted by molar-refractivity contribution is -0.131. The molecule has 1 aliphatic heterocycles. The number of esters is 1. The van der Waals surface area contributed by atoms with Gasteiger partial charge in [0.25, 0.3) is 0 Å². The fourth-order valence-corrected chi connectivity index (χ4v) is 3.83. The van der Waals surface area contributed by atoms with Crippen LogP contribution in [0.5, 0.6) is 5.75 Å². The van der Waals surface area contributed by atoms with Crippen LogP contribution in [0.2, 0.25) is 0 Å². The van der Waals surface area contributed by atoms with Crippen molar-refractivity contribution in [3.05, 3.63) is 64.8 Å². The Bertz CT molecular complexity index is 1050. The molecule has 3 aromatic rings. The van der Waals surface area contributed by atoms with Gasteiger partial charge in [-0.05, 0) is 42.8 Å². The lowest BCUT2D eigenvalue weighted by atomic mass is 10.0. The molecule has 0 bridgehead atoms. The van der Waals surface area contributed by atoms with Crippen molar-refractivity contribution in [2.75, 3.05) is 20.3 Å². The van der Waals surface area contributed by atoms with Crippen LogP contribution in [0.3, 0.4) is 0 Å². The van der Waals surface area contributed by atoms with E-state index < -0.39 is 0 Å². The van der Waals surface area contributed by atoms with Crippen molar-refractivity contribution in [3.8, 4) is 5.75 Å². The van der Waals surface area contributed by atoms with Crippen LogP contribution in [0, 0.1) is 0 Å². The fourth-order valence-electron chi connectivity index (χ4n) is 3.83. The van der Waals surface area contributed by atoms with E-state index in [2.05, 4.69) is 4.98 Å². The number of ether oxygens (including phenoxy) is 2. The lowest BCUT2D eigenvalue weighted by Gasteiger charge is -2.27. The maximum atomic E-state index is 12.9. The average molecular weight is 392 g/mol. The molecule has 0 saturated carbocycles. The third-order valence-corrected chi connectivity index (χ3v) is 5.34. The number of nitrogens with one attached hydrogen (secondary N) is 1. The minimum absolute atomic E-state index is 0.0956. The summed E-state index contributed by atoms with van der Waals surface area (Å²) in [4.78, 5) is 30.1. The van der Waals surface area contributed by atoms with E-state index in [0.717, 1.165) is 39.9 Å². The van der Waals surface area contributed by atoms with E-state index in [1.165, 1.54) is 7.11 Å². The Hall–Kier alpha value is -3.28. The zero-order chi connectivity index (χ0) is 20.4. The van der Waals surface area contributed by atoms with Crippen LogP contribution in [0.25, 0.3) is 10.9 Å². The molecule has 0 fully saturated rings. The molecule has 29 heavy (non-hydrogen) atoms. The van der Waals surface area contributed by atoms with Gasteiger partial charge < -0.3 is 19.4 Å². The molecule has 1 aliphatic rings. The summed E-state index contributed by atoms with van der Waals surface area (Å²) in [6.45, 7) is 3.78. The number of amides is 1. The molecule has 0 aliphatic carbocycles. The molecule has 6 nitrogen and oxygen atoms in total. The first-order valence-electron chi connectivity index (χ1n) is 9.80. The molecule has 0 atom stereocenters. The van der Waals surface area contributed by atoms with E-state index in [-0.39, 0.29) is 11.9 Å². The van der Waals surface area contributed by atoms with E-state index in [0.29, 0.717) is 31.7 Å². The van der Waals surface area contributed by atoms with E-state index in [1.54, 1.807) is 6.07 Å². The molecule has 0 unspecified atom stereocenters. The number of fused-ring (bicyclic) bond motifs is 3. The molecule has 6 heteroatoms. The highest BCUT2D eigenvalue weighted by molar-refractivity contribution is 5.96. The second-order valence-corrected chi connectivity index (χ2v) is 7.15. The van der Waals surface area contributed by atoms with E-state index in [9.17, 15) is 9.59 Å². The first-order chi connectivity index (χ1) is 14.1. The number of hydrogen-bond donors (Lipinski definition) is 1. The van der Waals surface area contributed by atoms with Crippen LogP contribution in [0.15, 0.2) is 42.5 Å². The van der Waals surface area contributed by atoms with Gasteiger partial charge in [0.1, 0.15) is 5.75 Å². The highest BCUT2D eigenvalue weighted by Crippen LogP contribution is 2.29. The predicted octanol–water partition coefficient (Wildman–Crippen LogP) is 3.48. The van der Waals surface area contributed by atoms with Crippen molar-refractivity contribution in [1.29, 1.82) is 0 Å². The van der Waals surface area contributed by atoms with Crippen molar-refractivity contribution in [1.82, 2.24) is 9.88 Å². The van der Waals surface area contributed by atoms with Gasteiger partial charge in [0.05, 0.1) is 25.7 Å². The van der Waals surface area contributed by atoms with Gasteiger partial charge in [-0.1, -0.05) is 12.1 Å². The number of hydrogen-bond acceptors (Lipinski definition) is 4. The lowest BCUT2D eigenvalue weighted by Crippen LogP contribution is -2.36. The number of carbonyl (C=O) groups excluding carboxylic acids is 2. The third kappa shape index (κ3) is 3.83. The SMILES string of the molecule is CCOc1ccc(CC(=O)N2CCc3[nH]c4ccc(C(=O)OC)cc4c3C2)cc1. The number of rotatable bonds is 5. The Balaban J connectivity index is 1.52. The summed E-state index contributed by atoms with van der Waals surface area (Å²) < 4.78 is 10.3. The first kappa shape index (κ1) is 19.1. The molecule has 1 aromatic heterocycles. The van der Waals surface area contributed by atoms with Crippen LogP contribution in [0.1, 0.15) is 34.1 Å². The molecule has 0 radical (unpaired) electrons. The Labute approximate surface area is 169 Å². The molecular weight excluding hydrogens is 368 g/mol. The summed E-state index contributed by atoms with van der Waals surface area (Å²) in [6, 6.07) is 13.2. The van der Waals surface area contributed by atoms with Gasteiger partial charge >= 0.3 is 5.97 Å². The average Bonchev–Trinajstić information content (AvgIpc) is 3.11. The molecular formula is C23H24N2O4. The van der Waals surface area contributed by atoms with Crippen LogP contribution in [-0.2, 0) is 28.9 Å². The number of aromatic amines is 1. The zero-order valence-corrected chi connectivity index (χ0v) is 16.7. The highest BCUT2D eigenvalue weighted by Gasteiger charge is 2.24. The van der Waals surface area contributed by atoms with Crippen molar-refractivity contribution in [3.63, 3.8) is 0 Å². The molecule has 2 heterocycles. The molecule has 2 aromatic carbocycles. The summed E-state index contributed by atoms with van der Waals surface area (Å²) in [7, 11) is 1.38. The monoisotopic (exact) mass is 392 g/mol. The quantitative estimate of drug-likeness (QED) is 0.675. The molecule has 150 valence electrons. The summed E-state index contributed by atoms with van der Waals surface area (Å²) >= 11 is 0. The summed E-state index contributed by atoms with van der Waals surface area (Å²) in [5, 5.41) is 0.974. The Morgan fingerprint density at radius 3 is 2.66 bits per heavy atom. The van der Waals surface area contributed by atoms with Gasteiger partial charge in [0.2, 0.25) is 5.91 Å². The van der Waals surface area contributed by atoms with Crippen molar-refractivity contribution in [2.24, 2.45) is 0 Å². The van der Waals surface area contributed by atoms with Crippen LogP contribution in [0.4, 0.5) is 0 Å². The van der Waals surface area contributed by atoms with Crippen LogP contribution < -0.4 is 4.74 Å². The summed E-state index contributed by atoms with van der Waals surface area (Å²) in [6.07, 6.45) is 1.13. The van der Waals surface area contributed by atoms with Gasteiger partial charge in [-0.25, -0.2) is 4.79 Å². The Morgan fingerprint density at radius 1 is 1.14 bits per heavy atom. The normalized spacial score (nSPS) is 13.2. The van der Waals surface area contributed by atoms with Crippen LogP contribution in [-0.4, -0.2) is 42.0 Å². The van der Waals surface area contributed by atoms with Gasteiger partial charge in [0.15, 0.2) is 0 Å². The van der Waals surface area contributed by atoms with Gasteiger partial charge in [-0.2, -0.15) is 0 Å². The molecule has 1 N–H and O–H groups in total. The summed E-state index contributed by atoms with van der Waals surface area (Å²) in [5.74, 6) is 0.547. The van der Waals surface area contributed by atoms with E-state index in [4.69, 9.17) is 9.47 Å².